The first-order chi connectivity index (χ1) is 5.72. The maximum absolute atomic E-state index is 10.2. The Balaban J connectivity index is 2.77. The van der Waals surface area contributed by atoms with Crippen molar-refractivity contribution in [3.63, 3.8) is 0 Å². The van der Waals surface area contributed by atoms with Gasteiger partial charge in [-0.25, -0.2) is 0 Å². The van der Waals surface area contributed by atoms with E-state index in [1.807, 2.05) is 0 Å². The second kappa shape index (κ2) is 3.47. The molecule has 0 unspecified atom stereocenters. The van der Waals surface area contributed by atoms with Crippen molar-refractivity contribution >= 4 is 6.29 Å². The molecular weight excluding hydrogens is 162 g/mol. The minimum absolute atomic E-state index is 0.102. The highest BCUT2D eigenvalue weighted by atomic mass is 17.0. The van der Waals surface area contributed by atoms with Crippen LogP contribution in [0.1, 0.15) is 10.4 Å². The minimum atomic E-state index is -0.907. The van der Waals surface area contributed by atoms with Crippen molar-refractivity contribution in [1.82, 2.24) is 0 Å². The van der Waals surface area contributed by atoms with Gasteiger partial charge in [-0.2, -0.15) is 0 Å². The highest BCUT2D eigenvalue weighted by Gasteiger charge is 1.97. The lowest BCUT2D eigenvalue weighted by Gasteiger charge is -1.96. The molecule has 1 aromatic carbocycles. The Morgan fingerprint density at radius 3 is 2.33 bits per heavy atom. The zero-order valence-electron chi connectivity index (χ0n) is 5.97. The lowest BCUT2D eigenvalue weighted by atomic mass is 10.2. The number of benzene rings is 1. The predicted octanol–water partition coefficient (Wildman–Crippen LogP) is 1.07. The molecule has 0 atom stereocenters. The first-order valence-electron chi connectivity index (χ1n) is 3.10. The Morgan fingerprint density at radius 1 is 1.33 bits per heavy atom. The molecule has 5 nitrogen and oxygen atoms in total. The number of nitrogens with zero attached hydrogens (tertiary/aromatic N) is 1. The second-order valence-corrected chi connectivity index (χ2v) is 2.00. The van der Waals surface area contributed by atoms with Gasteiger partial charge in [0.1, 0.15) is 12.0 Å². The van der Waals surface area contributed by atoms with E-state index < -0.39 is 5.09 Å². The van der Waals surface area contributed by atoms with Crippen molar-refractivity contribution in [1.29, 1.82) is 0 Å². The Morgan fingerprint density at radius 2 is 1.92 bits per heavy atom. The van der Waals surface area contributed by atoms with Gasteiger partial charge in [-0.15, -0.1) is 10.1 Å². The molecule has 0 heterocycles. The van der Waals surface area contributed by atoms with Crippen LogP contribution in [0.4, 0.5) is 0 Å². The van der Waals surface area contributed by atoms with Crippen LogP contribution in [0, 0.1) is 10.1 Å². The minimum Gasteiger partial charge on any atom is -0.298 e. The van der Waals surface area contributed by atoms with Crippen LogP contribution in [-0.2, 0) is 0 Å². The van der Waals surface area contributed by atoms with Crippen LogP contribution in [0.15, 0.2) is 24.3 Å². The smallest absolute Gasteiger partial charge is 0.298 e. The van der Waals surface area contributed by atoms with E-state index in [0.29, 0.717) is 11.8 Å². The van der Waals surface area contributed by atoms with Crippen LogP contribution >= 0.6 is 0 Å². The van der Waals surface area contributed by atoms with Gasteiger partial charge in [-0.05, 0) is 24.3 Å². The molecule has 0 saturated carbocycles. The summed E-state index contributed by atoms with van der Waals surface area (Å²) in [4.78, 5) is 24.1. The largest absolute Gasteiger partial charge is 0.299 e. The number of carbonyl (C=O) groups excluding carboxylic acids is 1. The summed E-state index contributed by atoms with van der Waals surface area (Å²) in [5.74, 6) is 0.102. The lowest BCUT2D eigenvalue weighted by Crippen LogP contribution is -2.03. The number of hydrogen-bond acceptors (Lipinski definition) is 4. The van der Waals surface area contributed by atoms with E-state index in [2.05, 4.69) is 4.84 Å². The molecule has 0 aromatic heterocycles. The van der Waals surface area contributed by atoms with Crippen molar-refractivity contribution in [2.75, 3.05) is 0 Å². The molecule has 12 heavy (non-hydrogen) atoms. The summed E-state index contributed by atoms with van der Waals surface area (Å²) in [6.07, 6.45) is 0.649. The van der Waals surface area contributed by atoms with Gasteiger partial charge in [0.2, 0.25) is 0 Å². The fraction of sp³-hybridized carbons (Fsp3) is 0. The van der Waals surface area contributed by atoms with Crippen LogP contribution in [0.2, 0.25) is 0 Å². The van der Waals surface area contributed by atoms with Gasteiger partial charge < -0.3 is 0 Å². The molecule has 0 saturated heterocycles. The van der Waals surface area contributed by atoms with E-state index in [9.17, 15) is 14.9 Å². The first-order valence-corrected chi connectivity index (χ1v) is 3.10. The second-order valence-electron chi connectivity index (χ2n) is 2.00. The number of rotatable bonds is 3. The molecule has 0 spiro atoms. The maximum Gasteiger partial charge on any atom is 0.299 e. The Hall–Kier alpha value is -1.91. The topological polar surface area (TPSA) is 69.4 Å². The summed E-state index contributed by atoms with van der Waals surface area (Å²) in [6, 6.07) is 5.58. The summed E-state index contributed by atoms with van der Waals surface area (Å²) in [7, 11) is 0. The molecule has 1 rings (SSSR count). The highest BCUT2D eigenvalue weighted by molar-refractivity contribution is 5.74. The molecule has 5 heteroatoms. The SMILES string of the molecule is O=Cc1ccc(O[N+](=O)[O-])cc1. The van der Waals surface area contributed by atoms with Crippen molar-refractivity contribution in [3.8, 4) is 5.75 Å². The van der Waals surface area contributed by atoms with E-state index in [0.717, 1.165) is 0 Å². The van der Waals surface area contributed by atoms with Crippen molar-refractivity contribution in [3.05, 3.63) is 39.9 Å². The molecule has 1 aromatic rings. The zero-order chi connectivity index (χ0) is 8.97. The van der Waals surface area contributed by atoms with Crippen LogP contribution in [-0.4, -0.2) is 11.4 Å². The number of carbonyl (C=O) groups is 1. The molecule has 0 bridgehead atoms. The lowest BCUT2D eigenvalue weighted by molar-refractivity contribution is -0.711. The first kappa shape index (κ1) is 8.19. The summed E-state index contributed by atoms with van der Waals surface area (Å²) < 4.78 is 0. The van der Waals surface area contributed by atoms with E-state index in [4.69, 9.17) is 0 Å². The number of aldehydes is 1. The molecule has 0 aliphatic carbocycles. The normalized spacial score (nSPS) is 9.00. The molecule has 0 N–H and O–H groups in total. The van der Waals surface area contributed by atoms with Crippen molar-refractivity contribution in [2.45, 2.75) is 0 Å². The molecule has 62 valence electrons. The fourth-order valence-corrected chi connectivity index (χ4v) is 0.693. The summed E-state index contributed by atoms with van der Waals surface area (Å²) in [5, 5.41) is 8.93. The fourth-order valence-electron chi connectivity index (χ4n) is 0.693. The monoisotopic (exact) mass is 167 g/mol. The summed E-state index contributed by atoms with van der Waals surface area (Å²) >= 11 is 0. The van der Waals surface area contributed by atoms with Gasteiger partial charge in [0.05, 0.1) is 0 Å². The van der Waals surface area contributed by atoms with Gasteiger partial charge in [0.15, 0.2) is 0 Å². The average Bonchev–Trinajstić information content (AvgIpc) is 2.05. The third-order valence-electron chi connectivity index (χ3n) is 1.20. The summed E-state index contributed by atoms with van der Waals surface area (Å²) in [5.41, 5.74) is 0.450. The quantitative estimate of drug-likeness (QED) is 0.383. The van der Waals surface area contributed by atoms with Crippen LogP contribution in [0.5, 0.6) is 5.75 Å². The van der Waals surface area contributed by atoms with E-state index >= 15 is 0 Å². The maximum atomic E-state index is 10.2. The van der Waals surface area contributed by atoms with Crippen molar-refractivity contribution < 1.29 is 14.7 Å². The molecule has 0 amide bonds. The third-order valence-corrected chi connectivity index (χ3v) is 1.20. The molecule has 0 aliphatic rings. The Kier molecular flexibility index (Phi) is 2.37. The van der Waals surface area contributed by atoms with Gasteiger partial charge in [-0.1, -0.05) is 0 Å². The zero-order valence-corrected chi connectivity index (χ0v) is 5.97. The Labute approximate surface area is 67.7 Å². The molecule has 0 fully saturated rings. The summed E-state index contributed by atoms with van der Waals surface area (Å²) in [6.45, 7) is 0. The predicted molar refractivity (Wildman–Crippen MR) is 39.5 cm³/mol. The standard InChI is InChI=1S/C7H5NO4/c9-5-6-1-3-7(4-2-6)12-8(10)11/h1-5H. The Bertz CT molecular complexity index is 293. The van der Waals surface area contributed by atoms with E-state index in [1.54, 1.807) is 0 Å². The van der Waals surface area contributed by atoms with E-state index in [-0.39, 0.29) is 5.75 Å². The average molecular weight is 167 g/mol. The van der Waals surface area contributed by atoms with Crippen LogP contribution < -0.4 is 4.84 Å². The van der Waals surface area contributed by atoms with Gasteiger partial charge >= 0.3 is 0 Å². The van der Waals surface area contributed by atoms with E-state index in [1.165, 1.54) is 24.3 Å². The van der Waals surface area contributed by atoms with Gasteiger partial charge in [-0.3, -0.25) is 9.63 Å². The number of hydrogen-bond donors (Lipinski definition) is 0. The van der Waals surface area contributed by atoms with Crippen LogP contribution in [0.3, 0.4) is 0 Å². The molecular formula is C7H5NO4. The molecule has 0 aliphatic heterocycles. The van der Waals surface area contributed by atoms with Crippen molar-refractivity contribution in [2.24, 2.45) is 0 Å². The highest BCUT2D eigenvalue weighted by Crippen LogP contribution is 2.10. The van der Waals surface area contributed by atoms with Crippen LogP contribution in [0.25, 0.3) is 0 Å². The molecule has 0 radical (unpaired) electrons. The van der Waals surface area contributed by atoms with Gasteiger partial charge in [0, 0.05) is 5.56 Å². The third kappa shape index (κ3) is 2.05. The van der Waals surface area contributed by atoms with Gasteiger partial charge in [0.25, 0.3) is 5.09 Å².